The van der Waals surface area contributed by atoms with Gasteiger partial charge in [0.15, 0.2) is 0 Å². The zero-order valence-corrected chi connectivity index (χ0v) is 12.5. The summed E-state index contributed by atoms with van der Waals surface area (Å²) in [5.74, 6) is -0.515. The van der Waals surface area contributed by atoms with E-state index in [4.69, 9.17) is 0 Å². The van der Waals surface area contributed by atoms with Gasteiger partial charge in [0.2, 0.25) is 0 Å². The lowest BCUT2D eigenvalue weighted by Gasteiger charge is -2.22. The van der Waals surface area contributed by atoms with Crippen LogP contribution in [0.25, 0.3) is 5.65 Å². The lowest BCUT2D eigenvalue weighted by molar-refractivity contribution is 0.0727. The molecule has 1 aromatic carbocycles. The maximum Gasteiger partial charge on any atom is 0.254 e. The predicted molar refractivity (Wildman–Crippen MR) is 84.5 cm³/mol. The molecule has 23 heavy (non-hydrogen) atoms. The average Bonchev–Trinajstić information content (AvgIpc) is 3.33. The zero-order chi connectivity index (χ0) is 15.8. The van der Waals surface area contributed by atoms with Crippen molar-refractivity contribution in [1.82, 2.24) is 14.3 Å². The van der Waals surface area contributed by atoms with Gasteiger partial charge >= 0.3 is 0 Å². The molecule has 0 aliphatic heterocycles. The molecule has 0 unspecified atom stereocenters. The third-order valence-corrected chi connectivity index (χ3v) is 4.15. The highest BCUT2D eigenvalue weighted by molar-refractivity contribution is 5.94. The Morgan fingerprint density at radius 2 is 2.13 bits per heavy atom. The van der Waals surface area contributed by atoms with Crippen molar-refractivity contribution < 1.29 is 9.18 Å². The molecule has 0 radical (unpaired) electrons. The second-order valence-corrected chi connectivity index (χ2v) is 5.85. The summed E-state index contributed by atoms with van der Waals surface area (Å²) in [5, 5.41) is 0. The Balaban J connectivity index is 1.65. The molecule has 1 amide bonds. The van der Waals surface area contributed by atoms with Crippen LogP contribution in [-0.2, 0) is 6.54 Å². The Kier molecular flexibility index (Phi) is 3.33. The van der Waals surface area contributed by atoms with E-state index in [-0.39, 0.29) is 17.8 Å². The third kappa shape index (κ3) is 2.70. The highest BCUT2D eigenvalue weighted by Gasteiger charge is 2.33. The van der Waals surface area contributed by atoms with Crippen molar-refractivity contribution in [2.45, 2.75) is 25.4 Å². The van der Waals surface area contributed by atoms with Gasteiger partial charge in [0, 0.05) is 17.8 Å². The maximum absolute atomic E-state index is 13.4. The van der Waals surface area contributed by atoms with Gasteiger partial charge in [-0.25, -0.2) is 9.37 Å². The molecule has 4 nitrogen and oxygen atoms in total. The largest absolute Gasteiger partial charge is 0.330 e. The summed E-state index contributed by atoms with van der Waals surface area (Å²) in [6.07, 6.45) is 5.73. The van der Waals surface area contributed by atoms with Crippen molar-refractivity contribution in [2.75, 3.05) is 0 Å². The van der Waals surface area contributed by atoms with Gasteiger partial charge in [-0.3, -0.25) is 4.79 Å². The molecule has 2 aromatic heterocycles. The van der Waals surface area contributed by atoms with Crippen LogP contribution in [0.5, 0.6) is 0 Å². The first-order valence-corrected chi connectivity index (χ1v) is 7.70. The molecular weight excluding hydrogens is 293 g/mol. The highest BCUT2D eigenvalue weighted by Crippen LogP contribution is 2.30. The van der Waals surface area contributed by atoms with E-state index in [1.54, 1.807) is 18.3 Å². The molecule has 5 heteroatoms. The second kappa shape index (κ2) is 5.50. The molecule has 116 valence electrons. The van der Waals surface area contributed by atoms with Gasteiger partial charge in [-0.2, -0.15) is 0 Å². The monoisotopic (exact) mass is 309 g/mol. The smallest absolute Gasteiger partial charge is 0.254 e. The number of nitrogens with zero attached hydrogens (tertiary/aromatic N) is 3. The predicted octanol–water partition coefficient (Wildman–Crippen LogP) is 3.28. The Bertz CT molecular complexity index is 869. The topological polar surface area (TPSA) is 37.6 Å². The Morgan fingerprint density at radius 1 is 1.26 bits per heavy atom. The molecule has 1 saturated carbocycles. The van der Waals surface area contributed by atoms with Crippen LogP contribution >= 0.6 is 0 Å². The first-order valence-electron chi connectivity index (χ1n) is 7.70. The number of hydrogen-bond acceptors (Lipinski definition) is 2. The number of imidazole rings is 1. The van der Waals surface area contributed by atoms with Crippen molar-refractivity contribution in [3.63, 3.8) is 0 Å². The molecule has 3 aromatic rings. The van der Waals surface area contributed by atoms with Gasteiger partial charge in [-0.05, 0) is 43.2 Å². The Labute approximate surface area is 133 Å². The summed E-state index contributed by atoms with van der Waals surface area (Å²) < 4.78 is 15.4. The lowest BCUT2D eigenvalue weighted by Crippen LogP contribution is -2.33. The van der Waals surface area contributed by atoms with Crippen LogP contribution in [-0.4, -0.2) is 26.2 Å². The minimum absolute atomic E-state index is 0.127. The summed E-state index contributed by atoms with van der Waals surface area (Å²) in [4.78, 5) is 19.0. The van der Waals surface area contributed by atoms with Crippen molar-refractivity contribution >= 4 is 11.6 Å². The highest BCUT2D eigenvalue weighted by atomic mass is 19.1. The number of fused-ring (bicyclic) bond motifs is 1. The molecule has 1 aliphatic rings. The SMILES string of the molecule is O=C(c1cccc(F)c1)N(Cc1cnc2ccccn12)C1CC1. The quantitative estimate of drug-likeness (QED) is 0.742. The molecule has 1 aliphatic carbocycles. The summed E-state index contributed by atoms with van der Waals surface area (Å²) >= 11 is 0. The van der Waals surface area contributed by atoms with E-state index in [1.807, 2.05) is 33.7 Å². The summed E-state index contributed by atoms with van der Waals surface area (Å²) in [7, 11) is 0. The van der Waals surface area contributed by atoms with Gasteiger partial charge in [0.05, 0.1) is 18.4 Å². The van der Waals surface area contributed by atoms with Crippen molar-refractivity contribution in [3.05, 3.63) is 71.9 Å². The molecule has 2 heterocycles. The molecular formula is C18H16FN3O. The molecule has 1 fully saturated rings. The number of carbonyl (C=O) groups excluding carboxylic acids is 1. The van der Waals surface area contributed by atoms with Crippen LogP contribution in [0.2, 0.25) is 0 Å². The minimum Gasteiger partial charge on any atom is -0.330 e. The second-order valence-electron chi connectivity index (χ2n) is 5.85. The van der Waals surface area contributed by atoms with Gasteiger partial charge in [-0.15, -0.1) is 0 Å². The van der Waals surface area contributed by atoms with E-state index in [0.29, 0.717) is 12.1 Å². The van der Waals surface area contributed by atoms with Crippen LogP contribution in [0, 0.1) is 5.82 Å². The van der Waals surface area contributed by atoms with Crippen LogP contribution in [0.15, 0.2) is 54.9 Å². The fourth-order valence-corrected chi connectivity index (χ4v) is 2.82. The zero-order valence-electron chi connectivity index (χ0n) is 12.5. The molecule has 0 bridgehead atoms. The standard InChI is InChI=1S/C18H16FN3O/c19-14-5-3-4-13(10-14)18(23)22(15-7-8-15)12-16-11-20-17-6-1-2-9-21(16)17/h1-6,9-11,15H,7-8,12H2. The number of benzene rings is 1. The Morgan fingerprint density at radius 3 is 2.91 bits per heavy atom. The lowest BCUT2D eigenvalue weighted by atomic mass is 10.2. The molecule has 0 N–H and O–H groups in total. The van der Waals surface area contributed by atoms with E-state index >= 15 is 0 Å². The summed E-state index contributed by atoms with van der Waals surface area (Å²) in [6.45, 7) is 0.477. The number of halogens is 1. The molecule has 4 rings (SSSR count). The van der Waals surface area contributed by atoms with E-state index in [2.05, 4.69) is 4.98 Å². The first kappa shape index (κ1) is 13.9. The fourth-order valence-electron chi connectivity index (χ4n) is 2.82. The van der Waals surface area contributed by atoms with E-state index < -0.39 is 0 Å². The maximum atomic E-state index is 13.4. The molecule has 0 spiro atoms. The number of rotatable bonds is 4. The van der Waals surface area contributed by atoms with Crippen molar-refractivity contribution in [3.8, 4) is 0 Å². The number of pyridine rings is 1. The van der Waals surface area contributed by atoms with Gasteiger partial charge in [-0.1, -0.05) is 12.1 Å². The van der Waals surface area contributed by atoms with Crippen LogP contribution in [0.3, 0.4) is 0 Å². The van der Waals surface area contributed by atoms with Gasteiger partial charge in [0.1, 0.15) is 11.5 Å². The van der Waals surface area contributed by atoms with E-state index in [0.717, 1.165) is 24.2 Å². The van der Waals surface area contributed by atoms with Gasteiger partial charge in [0.25, 0.3) is 5.91 Å². The summed E-state index contributed by atoms with van der Waals surface area (Å²) in [5.41, 5.74) is 2.21. The number of amides is 1. The van der Waals surface area contributed by atoms with E-state index in [9.17, 15) is 9.18 Å². The fraction of sp³-hybridized carbons (Fsp3) is 0.222. The van der Waals surface area contributed by atoms with Crippen molar-refractivity contribution in [2.24, 2.45) is 0 Å². The van der Waals surface area contributed by atoms with Crippen LogP contribution in [0.1, 0.15) is 28.9 Å². The normalized spacial score (nSPS) is 14.1. The third-order valence-electron chi connectivity index (χ3n) is 4.15. The van der Waals surface area contributed by atoms with Gasteiger partial charge < -0.3 is 9.30 Å². The first-order chi connectivity index (χ1) is 11.2. The van der Waals surface area contributed by atoms with Crippen molar-refractivity contribution in [1.29, 1.82) is 0 Å². The number of hydrogen-bond donors (Lipinski definition) is 0. The Hall–Kier alpha value is -2.69. The van der Waals surface area contributed by atoms with E-state index in [1.165, 1.54) is 12.1 Å². The number of aromatic nitrogens is 2. The average molecular weight is 309 g/mol. The molecule has 0 atom stereocenters. The van der Waals surface area contributed by atoms with Crippen LogP contribution < -0.4 is 0 Å². The van der Waals surface area contributed by atoms with Crippen LogP contribution in [0.4, 0.5) is 4.39 Å². The number of carbonyl (C=O) groups is 1. The summed E-state index contributed by atoms with van der Waals surface area (Å²) in [6, 6.07) is 11.9. The minimum atomic E-state index is -0.388. The molecule has 0 saturated heterocycles.